The summed E-state index contributed by atoms with van der Waals surface area (Å²) in [5, 5.41) is 12.5. The normalized spacial score (nSPS) is 12.3. The average Bonchev–Trinajstić information content (AvgIpc) is 3.12. The number of amides is 1. The van der Waals surface area contributed by atoms with Gasteiger partial charge in [-0.1, -0.05) is 18.2 Å². The molecule has 0 spiro atoms. The van der Waals surface area contributed by atoms with Gasteiger partial charge in [0.25, 0.3) is 0 Å². The maximum absolute atomic E-state index is 12.8. The fourth-order valence-corrected chi connectivity index (χ4v) is 2.77. The number of carbonyl (C=O) groups is 1. The third-order valence-corrected chi connectivity index (χ3v) is 4.34. The topological polar surface area (TPSA) is 80.0 Å². The van der Waals surface area contributed by atoms with Crippen molar-refractivity contribution in [3.8, 4) is 0 Å². The molecule has 1 amide bonds. The minimum atomic E-state index is -4.40. The number of nitrogens with one attached hydrogen (secondary N) is 1. The first-order valence-corrected chi connectivity index (χ1v) is 9.36. The molecule has 0 saturated carbocycles. The molecule has 0 fully saturated rings. The Bertz CT molecular complexity index is 1080. The quantitative estimate of drug-likeness (QED) is 0.574. The molecular formula is C22H21F3N4O2. The van der Waals surface area contributed by atoms with Gasteiger partial charge in [0.15, 0.2) is 5.82 Å². The van der Waals surface area contributed by atoms with Crippen LogP contribution in [0.3, 0.4) is 0 Å². The van der Waals surface area contributed by atoms with Crippen LogP contribution in [0.2, 0.25) is 0 Å². The second-order valence-corrected chi connectivity index (χ2v) is 7.49. The summed E-state index contributed by atoms with van der Waals surface area (Å²) in [4.78, 5) is 20.3. The third kappa shape index (κ3) is 6.26. The Morgan fingerprint density at radius 2 is 1.97 bits per heavy atom. The van der Waals surface area contributed by atoms with E-state index < -0.39 is 23.2 Å². The van der Waals surface area contributed by atoms with Gasteiger partial charge >= 0.3 is 6.18 Å². The number of anilines is 1. The van der Waals surface area contributed by atoms with Crippen LogP contribution in [0.25, 0.3) is 6.08 Å². The van der Waals surface area contributed by atoms with Crippen LogP contribution in [0, 0.1) is 0 Å². The molecule has 3 aromatic rings. The van der Waals surface area contributed by atoms with E-state index in [1.54, 1.807) is 48.9 Å². The van der Waals surface area contributed by atoms with Crippen LogP contribution in [-0.4, -0.2) is 25.5 Å². The van der Waals surface area contributed by atoms with Crippen molar-refractivity contribution in [2.45, 2.75) is 32.2 Å². The number of nitrogens with zero attached hydrogens (tertiary/aromatic N) is 3. The minimum absolute atomic E-state index is 0.182. The van der Waals surface area contributed by atoms with Gasteiger partial charge in [0.1, 0.15) is 5.60 Å². The highest BCUT2D eigenvalue weighted by molar-refractivity contribution is 6.01. The second-order valence-electron chi connectivity index (χ2n) is 7.49. The van der Waals surface area contributed by atoms with Crippen LogP contribution in [-0.2, 0) is 23.1 Å². The van der Waals surface area contributed by atoms with Crippen LogP contribution in [0.15, 0.2) is 61.2 Å². The molecule has 2 aromatic heterocycles. The summed E-state index contributed by atoms with van der Waals surface area (Å²) in [6, 6.07) is 8.45. The largest absolute Gasteiger partial charge is 0.416 e. The fraction of sp³-hybridized carbons (Fsp3) is 0.227. The maximum atomic E-state index is 12.8. The van der Waals surface area contributed by atoms with Crippen molar-refractivity contribution >= 4 is 17.8 Å². The van der Waals surface area contributed by atoms with E-state index in [9.17, 15) is 23.1 Å². The Kier molecular flexibility index (Phi) is 6.26. The maximum Gasteiger partial charge on any atom is 0.416 e. The standard InChI is InChI=1S/C22H21F3N4O2/c1-21(2,31)18-8-6-15(11-26-18)7-9-20(30)28-19-13-29(14-27-19)12-16-4-3-5-17(10-16)22(23,24)25/h3-11,13-14,31H,12H2,1-2H3,(H,28,30). The van der Waals surface area contributed by atoms with Crippen molar-refractivity contribution in [2.24, 2.45) is 0 Å². The molecule has 0 aliphatic carbocycles. The van der Waals surface area contributed by atoms with E-state index in [0.29, 0.717) is 16.8 Å². The summed E-state index contributed by atoms with van der Waals surface area (Å²) in [6.45, 7) is 3.44. The van der Waals surface area contributed by atoms with Crippen LogP contribution in [0.1, 0.15) is 36.2 Å². The zero-order valence-corrected chi connectivity index (χ0v) is 16.9. The third-order valence-electron chi connectivity index (χ3n) is 4.34. The first-order valence-electron chi connectivity index (χ1n) is 9.36. The number of hydrogen-bond donors (Lipinski definition) is 2. The monoisotopic (exact) mass is 430 g/mol. The lowest BCUT2D eigenvalue weighted by atomic mass is 10.0. The Morgan fingerprint density at radius 1 is 1.19 bits per heavy atom. The number of hydrogen-bond acceptors (Lipinski definition) is 4. The number of alkyl halides is 3. The van der Waals surface area contributed by atoms with Gasteiger partial charge in [-0.15, -0.1) is 0 Å². The highest BCUT2D eigenvalue weighted by Crippen LogP contribution is 2.29. The van der Waals surface area contributed by atoms with Gasteiger partial charge in [-0.3, -0.25) is 9.78 Å². The van der Waals surface area contributed by atoms with Gasteiger partial charge < -0.3 is 15.0 Å². The molecule has 162 valence electrons. The minimum Gasteiger partial charge on any atom is -0.384 e. The highest BCUT2D eigenvalue weighted by atomic mass is 19.4. The van der Waals surface area contributed by atoms with E-state index in [4.69, 9.17) is 0 Å². The van der Waals surface area contributed by atoms with Crippen molar-refractivity contribution in [3.05, 3.63) is 83.6 Å². The van der Waals surface area contributed by atoms with Crippen LogP contribution in [0.4, 0.5) is 19.0 Å². The van der Waals surface area contributed by atoms with Crippen molar-refractivity contribution < 1.29 is 23.1 Å². The molecule has 0 unspecified atom stereocenters. The lowest BCUT2D eigenvalue weighted by Crippen LogP contribution is -2.17. The van der Waals surface area contributed by atoms with Crippen LogP contribution < -0.4 is 5.32 Å². The van der Waals surface area contributed by atoms with Crippen molar-refractivity contribution in [2.75, 3.05) is 5.32 Å². The number of carbonyl (C=O) groups excluding carboxylic acids is 1. The van der Waals surface area contributed by atoms with E-state index >= 15 is 0 Å². The zero-order valence-electron chi connectivity index (χ0n) is 16.9. The molecule has 0 aliphatic rings. The number of rotatable bonds is 6. The number of imidazole rings is 1. The summed E-state index contributed by atoms with van der Waals surface area (Å²) < 4.78 is 40.1. The van der Waals surface area contributed by atoms with Gasteiger partial charge in [0.2, 0.25) is 5.91 Å². The summed E-state index contributed by atoms with van der Waals surface area (Å²) >= 11 is 0. The van der Waals surface area contributed by atoms with Gasteiger partial charge in [-0.2, -0.15) is 13.2 Å². The lowest BCUT2D eigenvalue weighted by molar-refractivity contribution is -0.137. The van der Waals surface area contributed by atoms with Crippen LogP contribution >= 0.6 is 0 Å². The Hall–Kier alpha value is -3.46. The molecule has 9 heteroatoms. The predicted octanol–water partition coefficient (Wildman–Crippen LogP) is 4.22. The number of halogens is 3. The second kappa shape index (κ2) is 8.73. The van der Waals surface area contributed by atoms with E-state index in [1.165, 1.54) is 24.7 Å². The molecular weight excluding hydrogens is 409 g/mol. The molecule has 0 atom stereocenters. The molecule has 0 bridgehead atoms. The van der Waals surface area contributed by atoms with E-state index in [-0.39, 0.29) is 12.4 Å². The molecule has 31 heavy (non-hydrogen) atoms. The molecule has 3 rings (SSSR count). The summed E-state index contributed by atoms with van der Waals surface area (Å²) in [7, 11) is 0. The predicted molar refractivity (Wildman–Crippen MR) is 110 cm³/mol. The molecule has 0 radical (unpaired) electrons. The van der Waals surface area contributed by atoms with Crippen molar-refractivity contribution in [1.29, 1.82) is 0 Å². The molecule has 0 aliphatic heterocycles. The summed E-state index contributed by atoms with van der Waals surface area (Å²) in [5.41, 5.74) is -0.105. The van der Waals surface area contributed by atoms with E-state index in [2.05, 4.69) is 15.3 Å². The summed E-state index contributed by atoms with van der Waals surface area (Å²) in [5.74, 6) is -0.145. The number of aliphatic hydroxyl groups is 1. The fourth-order valence-electron chi connectivity index (χ4n) is 2.77. The van der Waals surface area contributed by atoms with E-state index in [0.717, 1.165) is 12.1 Å². The SMILES string of the molecule is CC(C)(O)c1ccc(C=CC(=O)Nc2cn(Cc3cccc(C(F)(F)F)c3)cn2)cn1. The lowest BCUT2D eigenvalue weighted by Gasteiger charge is -2.15. The average molecular weight is 430 g/mol. The smallest absolute Gasteiger partial charge is 0.384 e. The molecule has 1 aromatic carbocycles. The summed E-state index contributed by atoms with van der Waals surface area (Å²) in [6.07, 6.45) is 2.98. The van der Waals surface area contributed by atoms with Crippen molar-refractivity contribution in [1.82, 2.24) is 14.5 Å². The van der Waals surface area contributed by atoms with Crippen LogP contribution in [0.5, 0.6) is 0 Å². The zero-order chi connectivity index (χ0) is 22.6. The first-order chi connectivity index (χ1) is 14.5. The molecule has 0 saturated heterocycles. The number of benzene rings is 1. The highest BCUT2D eigenvalue weighted by Gasteiger charge is 2.30. The number of aromatic nitrogens is 3. The Balaban J connectivity index is 1.59. The first kappa shape index (κ1) is 22.2. The molecule has 2 N–H and O–H groups in total. The molecule has 2 heterocycles. The van der Waals surface area contributed by atoms with Gasteiger partial charge in [0.05, 0.1) is 17.6 Å². The Labute approximate surface area is 177 Å². The Morgan fingerprint density at radius 3 is 2.61 bits per heavy atom. The van der Waals surface area contributed by atoms with Gasteiger partial charge in [0, 0.05) is 25.0 Å². The molecule has 6 nitrogen and oxygen atoms in total. The van der Waals surface area contributed by atoms with Gasteiger partial charge in [-0.25, -0.2) is 4.98 Å². The van der Waals surface area contributed by atoms with Gasteiger partial charge in [-0.05, 0) is 49.2 Å². The van der Waals surface area contributed by atoms with E-state index in [1.807, 2.05) is 0 Å². The number of pyridine rings is 1. The van der Waals surface area contributed by atoms with Crippen molar-refractivity contribution in [3.63, 3.8) is 0 Å².